The summed E-state index contributed by atoms with van der Waals surface area (Å²) in [5, 5.41) is 14.0. The van der Waals surface area contributed by atoms with Crippen LogP contribution in [0, 0.1) is 5.92 Å². The molecule has 2 amide bonds. The van der Waals surface area contributed by atoms with Crippen LogP contribution in [0.2, 0.25) is 0 Å². The fraction of sp³-hybridized carbons (Fsp3) is 0.833. The van der Waals surface area contributed by atoms with Gasteiger partial charge in [0.1, 0.15) is 6.04 Å². The number of rotatable bonds is 6. The van der Waals surface area contributed by atoms with E-state index in [1.807, 2.05) is 0 Å². The van der Waals surface area contributed by atoms with E-state index < -0.39 is 18.0 Å². The van der Waals surface area contributed by atoms with Crippen molar-refractivity contribution in [1.82, 2.24) is 10.6 Å². The van der Waals surface area contributed by atoms with E-state index >= 15 is 0 Å². The molecule has 0 spiro atoms. The first-order valence-corrected chi connectivity index (χ1v) is 6.47. The second kappa shape index (κ2) is 7.20. The van der Waals surface area contributed by atoms with Gasteiger partial charge in [0.2, 0.25) is 0 Å². The summed E-state index contributed by atoms with van der Waals surface area (Å²) in [5.41, 5.74) is 0. The number of carbonyl (C=O) groups is 2. The predicted molar refractivity (Wildman–Crippen MR) is 66.4 cm³/mol. The molecule has 1 rings (SSSR count). The molecule has 1 fully saturated rings. The lowest BCUT2D eigenvalue weighted by atomic mass is 10.00. The van der Waals surface area contributed by atoms with Gasteiger partial charge in [-0.05, 0) is 19.3 Å². The summed E-state index contributed by atoms with van der Waals surface area (Å²) >= 11 is 0. The van der Waals surface area contributed by atoms with E-state index in [1.54, 1.807) is 6.92 Å². The molecule has 1 aliphatic rings. The van der Waals surface area contributed by atoms with Crippen molar-refractivity contribution < 1.29 is 19.4 Å². The van der Waals surface area contributed by atoms with Gasteiger partial charge < -0.3 is 20.5 Å². The lowest BCUT2D eigenvalue weighted by Gasteiger charge is -2.18. The molecule has 0 saturated carbocycles. The monoisotopic (exact) mass is 258 g/mol. The summed E-state index contributed by atoms with van der Waals surface area (Å²) in [5.74, 6) is -0.686. The second-order valence-corrected chi connectivity index (χ2v) is 4.52. The molecule has 1 heterocycles. The van der Waals surface area contributed by atoms with Gasteiger partial charge in [-0.3, -0.25) is 0 Å². The molecule has 3 atom stereocenters. The minimum absolute atomic E-state index is 0.201. The molecule has 0 aromatic carbocycles. The van der Waals surface area contributed by atoms with Crippen molar-refractivity contribution in [3.05, 3.63) is 0 Å². The third kappa shape index (κ3) is 4.18. The Morgan fingerprint density at radius 2 is 2.17 bits per heavy atom. The van der Waals surface area contributed by atoms with Crippen LogP contribution in [0.3, 0.4) is 0 Å². The Bertz CT molecular complexity index is 296. The molecule has 1 saturated heterocycles. The van der Waals surface area contributed by atoms with Crippen LogP contribution in [0.15, 0.2) is 0 Å². The molecule has 0 aromatic rings. The lowest BCUT2D eigenvalue weighted by molar-refractivity contribution is -0.139. The molecule has 18 heavy (non-hydrogen) atoms. The zero-order valence-electron chi connectivity index (χ0n) is 10.9. The van der Waals surface area contributed by atoms with Crippen molar-refractivity contribution >= 4 is 12.0 Å². The Morgan fingerprint density at radius 3 is 2.72 bits per heavy atom. The van der Waals surface area contributed by atoms with Crippen LogP contribution >= 0.6 is 0 Å². The lowest BCUT2D eigenvalue weighted by Crippen LogP contribution is -2.47. The quantitative estimate of drug-likeness (QED) is 0.662. The smallest absolute Gasteiger partial charge is 0.326 e. The SMILES string of the molecule is CCC(NC(=O)NCC1CCOC1CC)C(=O)O. The first kappa shape index (κ1) is 14.8. The largest absolute Gasteiger partial charge is 0.480 e. The Hall–Kier alpha value is -1.30. The number of hydrogen-bond acceptors (Lipinski definition) is 3. The number of urea groups is 1. The maximum Gasteiger partial charge on any atom is 0.326 e. The van der Waals surface area contributed by atoms with Gasteiger partial charge in [-0.15, -0.1) is 0 Å². The maximum atomic E-state index is 11.5. The molecular formula is C12H22N2O4. The first-order valence-electron chi connectivity index (χ1n) is 6.47. The first-order chi connectivity index (χ1) is 8.58. The minimum Gasteiger partial charge on any atom is -0.480 e. The van der Waals surface area contributed by atoms with Gasteiger partial charge in [0, 0.05) is 19.1 Å². The van der Waals surface area contributed by atoms with Crippen LogP contribution < -0.4 is 10.6 Å². The predicted octanol–water partition coefficient (Wildman–Crippen LogP) is 0.964. The zero-order chi connectivity index (χ0) is 13.5. The molecule has 1 aliphatic heterocycles. The summed E-state index contributed by atoms with van der Waals surface area (Å²) in [7, 11) is 0. The molecule has 0 bridgehead atoms. The number of hydrogen-bond donors (Lipinski definition) is 3. The average Bonchev–Trinajstić information content (AvgIpc) is 2.80. The molecule has 3 N–H and O–H groups in total. The van der Waals surface area contributed by atoms with Crippen LogP contribution in [0.25, 0.3) is 0 Å². The summed E-state index contributed by atoms with van der Waals surface area (Å²) in [4.78, 5) is 22.3. The Labute approximate surface area is 107 Å². The van der Waals surface area contributed by atoms with E-state index in [0.717, 1.165) is 19.4 Å². The van der Waals surface area contributed by atoms with E-state index in [1.165, 1.54) is 0 Å². The van der Waals surface area contributed by atoms with E-state index in [0.29, 0.717) is 18.9 Å². The number of ether oxygens (including phenoxy) is 1. The number of nitrogens with one attached hydrogen (secondary N) is 2. The number of carboxylic acids is 1. The summed E-state index contributed by atoms with van der Waals surface area (Å²) in [6.07, 6.45) is 2.44. The molecule has 0 aliphatic carbocycles. The maximum absolute atomic E-state index is 11.5. The fourth-order valence-corrected chi connectivity index (χ4v) is 2.15. The highest BCUT2D eigenvalue weighted by Crippen LogP contribution is 2.22. The normalized spacial score (nSPS) is 24.6. The summed E-state index contributed by atoms with van der Waals surface area (Å²) in [6.45, 7) is 5.04. The second-order valence-electron chi connectivity index (χ2n) is 4.52. The van der Waals surface area contributed by atoms with Crippen LogP contribution in [0.5, 0.6) is 0 Å². The van der Waals surface area contributed by atoms with Crippen LogP contribution in [0.1, 0.15) is 33.1 Å². The highest BCUT2D eigenvalue weighted by atomic mass is 16.5. The van der Waals surface area contributed by atoms with E-state index in [-0.39, 0.29) is 6.10 Å². The van der Waals surface area contributed by atoms with Crippen molar-refractivity contribution in [3.8, 4) is 0 Å². The van der Waals surface area contributed by atoms with Crippen LogP contribution in [-0.4, -0.2) is 42.4 Å². The van der Waals surface area contributed by atoms with Crippen molar-refractivity contribution in [1.29, 1.82) is 0 Å². The van der Waals surface area contributed by atoms with Gasteiger partial charge in [0.15, 0.2) is 0 Å². The summed E-state index contributed by atoms with van der Waals surface area (Å²) < 4.78 is 5.52. The molecule has 0 aromatic heterocycles. The standard InChI is InChI=1S/C12H22N2O4/c1-3-9(11(15)16)14-12(17)13-7-8-5-6-18-10(8)4-2/h8-10H,3-7H2,1-2H3,(H,15,16)(H2,13,14,17). The molecule has 3 unspecified atom stereocenters. The van der Waals surface area contributed by atoms with Crippen molar-refractivity contribution in [2.45, 2.75) is 45.3 Å². The minimum atomic E-state index is -1.01. The zero-order valence-corrected chi connectivity index (χ0v) is 10.9. The number of amides is 2. The van der Waals surface area contributed by atoms with E-state index in [4.69, 9.17) is 9.84 Å². The highest BCUT2D eigenvalue weighted by Gasteiger charge is 2.27. The van der Waals surface area contributed by atoms with E-state index in [9.17, 15) is 9.59 Å². The number of aliphatic carboxylic acids is 1. The van der Waals surface area contributed by atoms with Gasteiger partial charge in [-0.25, -0.2) is 9.59 Å². The molecular weight excluding hydrogens is 236 g/mol. The van der Waals surface area contributed by atoms with Crippen LogP contribution in [0.4, 0.5) is 4.79 Å². The Balaban J connectivity index is 2.30. The third-order valence-corrected chi connectivity index (χ3v) is 3.29. The summed E-state index contributed by atoms with van der Waals surface area (Å²) in [6, 6.07) is -1.25. The van der Waals surface area contributed by atoms with Gasteiger partial charge in [-0.2, -0.15) is 0 Å². The molecule has 6 nitrogen and oxygen atoms in total. The molecule has 6 heteroatoms. The Morgan fingerprint density at radius 1 is 1.44 bits per heavy atom. The van der Waals surface area contributed by atoms with Crippen molar-refractivity contribution in [2.24, 2.45) is 5.92 Å². The average molecular weight is 258 g/mol. The fourth-order valence-electron chi connectivity index (χ4n) is 2.15. The van der Waals surface area contributed by atoms with Crippen molar-refractivity contribution in [3.63, 3.8) is 0 Å². The topological polar surface area (TPSA) is 87.7 Å². The van der Waals surface area contributed by atoms with Crippen molar-refractivity contribution in [2.75, 3.05) is 13.2 Å². The number of carbonyl (C=O) groups excluding carboxylic acids is 1. The molecule has 104 valence electrons. The Kier molecular flexibility index (Phi) is 5.91. The van der Waals surface area contributed by atoms with Crippen LogP contribution in [-0.2, 0) is 9.53 Å². The highest BCUT2D eigenvalue weighted by molar-refractivity contribution is 5.82. The van der Waals surface area contributed by atoms with E-state index in [2.05, 4.69) is 17.6 Å². The van der Waals surface area contributed by atoms with Gasteiger partial charge in [0.05, 0.1) is 6.10 Å². The van der Waals surface area contributed by atoms with Gasteiger partial charge in [-0.1, -0.05) is 13.8 Å². The third-order valence-electron chi connectivity index (χ3n) is 3.29. The van der Waals surface area contributed by atoms with Gasteiger partial charge in [0.25, 0.3) is 0 Å². The van der Waals surface area contributed by atoms with Gasteiger partial charge >= 0.3 is 12.0 Å². The number of carboxylic acid groups (broad SMARTS) is 1. The molecule has 0 radical (unpaired) electrons.